The van der Waals surface area contributed by atoms with Crippen molar-refractivity contribution in [2.75, 3.05) is 20.2 Å². The summed E-state index contributed by atoms with van der Waals surface area (Å²) in [7, 11) is -4.83. The number of benzene rings is 2. The Balaban J connectivity index is 2.18. The average molecular weight is 518 g/mol. The predicted molar refractivity (Wildman–Crippen MR) is 121 cm³/mol. The maximum atomic E-state index is 13.6. The van der Waals surface area contributed by atoms with Crippen molar-refractivity contribution in [1.82, 2.24) is 4.90 Å². The van der Waals surface area contributed by atoms with Gasteiger partial charge in [-0.2, -0.15) is 21.6 Å². The molecule has 0 aromatic heterocycles. The van der Waals surface area contributed by atoms with E-state index in [2.05, 4.69) is 11.1 Å². The standard InChI is InChI=1S/C24H27F4NO5S/c1-15-10-12-29(13-11-15)22(17-4-7-19(25)8-5-17)20-9-6-18(16(2)23(30)33-3)14-21(20)34-35(31,32)24(26,27)28/h4-9,14-16,22H,10-13H2,1-3H3. The molecule has 1 fully saturated rings. The second-order valence-corrected chi connectivity index (χ2v) is 10.2. The number of carbonyl (C=O) groups is 1. The summed E-state index contributed by atoms with van der Waals surface area (Å²) in [5.41, 5.74) is -4.72. The van der Waals surface area contributed by atoms with Crippen molar-refractivity contribution in [3.8, 4) is 5.75 Å². The van der Waals surface area contributed by atoms with E-state index in [1.165, 1.54) is 50.4 Å². The quantitative estimate of drug-likeness (QED) is 0.219. The molecule has 1 heterocycles. The number of ether oxygens (including phenoxy) is 1. The molecular weight excluding hydrogens is 490 g/mol. The van der Waals surface area contributed by atoms with E-state index in [4.69, 9.17) is 4.74 Å². The fourth-order valence-electron chi connectivity index (χ4n) is 4.12. The summed E-state index contributed by atoms with van der Waals surface area (Å²) in [5, 5.41) is 0. The largest absolute Gasteiger partial charge is 0.534 e. The number of carbonyl (C=O) groups excluding carboxylic acids is 1. The highest BCUT2D eigenvalue weighted by Crippen LogP contribution is 2.40. The summed E-state index contributed by atoms with van der Waals surface area (Å²) < 4.78 is 86.6. The van der Waals surface area contributed by atoms with Gasteiger partial charge in [-0.05, 0) is 68.1 Å². The number of halogens is 4. The molecule has 0 saturated carbocycles. The van der Waals surface area contributed by atoms with Gasteiger partial charge in [0.1, 0.15) is 11.6 Å². The summed E-state index contributed by atoms with van der Waals surface area (Å²) in [6.45, 7) is 4.76. The molecule has 11 heteroatoms. The summed E-state index contributed by atoms with van der Waals surface area (Å²) in [4.78, 5) is 14.0. The number of likely N-dealkylation sites (tertiary alicyclic amines) is 1. The van der Waals surface area contributed by atoms with Gasteiger partial charge >= 0.3 is 21.6 Å². The number of rotatable bonds is 7. The number of methoxy groups -OCH3 is 1. The Labute approximate surface area is 202 Å². The van der Waals surface area contributed by atoms with E-state index in [0.717, 1.165) is 18.9 Å². The Morgan fingerprint density at radius 1 is 1.06 bits per heavy atom. The van der Waals surface area contributed by atoms with Crippen LogP contribution in [0, 0.1) is 11.7 Å². The van der Waals surface area contributed by atoms with Gasteiger partial charge < -0.3 is 8.92 Å². The first kappa shape index (κ1) is 26.9. The van der Waals surface area contributed by atoms with Gasteiger partial charge in [0.15, 0.2) is 0 Å². The van der Waals surface area contributed by atoms with Crippen LogP contribution >= 0.6 is 0 Å². The lowest BCUT2D eigenvalue weighted by molar-refractivity contribution is -0.142. The Kier molecular flexibility index (Phi) is 8.10. The van der Waals surface area contributed by atoms with Crippen molar-refractivity contribution in [2.24, 2.45) is 5.92 Å². The summed E-state index contributed by atoms with van der Waals surface area (Å²) >= 11 is 0. The molecule has 0 aliphatic carbocycles. The van der Waals surface area contributed by atoms with Crippen LogP contribution in [0.4, 0.5) is 17.6 Å². The van der Waals surface area contributed by atoms with Crippen molar-refractivity contribution >= 4 is 16.1 Å². The first-order chi connectivity index (χ1) is 16.3. The molecule has 6 nitrogen and oxygen atoms in total. The molecule has 0 N–H and O–H groups in total. The number of alkyl halides is 3. The normalized spacial score (nSPS) is 17.6. The van der Waals surface area contributed by atoms with Gasteiger partial charge in [-0.25, -0.2) is 4.39 Å². The van der Waals surface area contributed by atoms with Gasteiger partial charge in [0.05, 0.1) is 19.1 Å². The van der Waals surface area contributed by atoms with E-state index in [9.17, 15) is 30.8 Å². The second-order valence-electron chi connectivity index (χ2n) is 8.70. The van der Waals surface area contributed by atoms with Gasteiger partial charge in [-0.1, -0.05) is 31.2 Å². The topological polar surface area (TPSA) is 72.9 Å². The molecule has 2 aromatic carbocycles. The SMILES string of the molecule is COC(=O)C(C)c1ccc(C(c2ccc(F)cc2)N2CCC(C)CC2)c(OS(=O)(=O)C(F)(F)F)c1. The van der Waals surface area contributed by atoms with Gasteiger partial charge in [-0.3, -0.25) is 9.69 Å². The Morgan fingerprint density at radius 2 is 1.63 bits per heavy atom. The molecule has 2 atom stereocenters. The van der Waals surface area contributed by atoms with Crippen LogP contribution in [0.15, 0.2) is 42.5 Å². The third-order valence-corrected chi connectivity index (χ3v) is 7.20. The van der Waals surface area contributed by atoms with Crippen LogP contribution in [0.1, 0.15) is 55.3 Å². The van der Waals surface area contributed by atoms with E-state index in [1.54, 1.807) is 0 Å². The zero-order valence-electron chi connectivity index (χ0n) is 19.5. The number of esters is 1. The molecule has 2 aromatic rings. The van der Waals surface area contributed by atoms with Crippen LogP contribution in [0.5, 0.6) is 5.75 Å². The van der Waals surface area contributed by atoms with Crippen LogP contribution in [-0.2, 0) is 19.6 Å². The molecule has 0 radical (unpaired) electrons. The lowest BCUT2D eigenvalue weighted by Gasteiger charge is -2.38. The molecular formula is C24H27F4NO5S. The van der Waals surface area contributed by atoms with E-state index in [0.29, 0.717) is 24.6 Å². The van der Waals surface area contributed by atoms with Crippen LogP contribution in [-0.4, -0.2) is 45.0 Å². The van der Waals surface area contributed by atoms with Crippen LogP contribution in [0.3, 0.4) is 0 Å². The molecule has 0 spiro atoms. The van der Waals surface area contributed by atoms with Gasteiger partial charge in [-0.15, -0.1) is 0 Å². The number of hydrogen-bond acceptors (Lipinski definition) is 6. The Hall–Kier alpha value is -2.66. The van der Waals surface area contributed by atoms with Crippen molar-refractivity contribution in [3.05, 3.63) is 65.0 Å². The van der Waals surface area contributed by atoms with Crippen molar-refractivity contribution in [2.45, 2.75) is 44.2 Å². The molecule has 1 aliphatic rings. The highest BCUT2D eigenvalue weighted by atomic mass is 32.2. The van der Waals surface area contributed by atoms with Gasteiger partial charge in [0.2, 0.25) is 0 Å². The number of piperidine rings is 1. The van der Waals surface area contributed by atoms with Crippen LogP contribution in [0.25, 0.3) is 0 Å². The van der Waals surface area contributed by atoms with E-state index in [1.807, 2.05) is 4.90 Å². The second kappa shape index (κ2) is 10.5. The van der Waals surface area contributed by atoms with Gasteiger partial charge in [0, 0.05) is 5.56 Å². The van der Waals surface area contributed by atoms with Crippen molar-refractivity contribution in [1.29, 1.82) is 0 Å². The lowest BCUT2D eigenvalue weighted by atomic mass is 9.90. The fraction of sp³-hybridized carbons (Fsp3) is 0.458. The molecule has 1 saturated heterocycles. The molecule has 35 heavy (non-hydrogen) atoms. The monoisotopic (exact) mass is 517 g/mol. The first-order valence-electron chi connectivity index (χ1n) is 11.1. The van der Waals surface area contributed by atoms with Crippen molar-refractivity contribution in [3.63, 3.8) is 0 Å². The van der Waals surface area contributed by atoms with Crippen molar-refractivity contribution < 1.29 is 39.7 Å². The maximum Gasteiger partial charge on any atom is 0.534 e. The number of hydrogen-bond donors (Lipinski definition) is 0. The zero-order valence-corrected chi connectivity index (χ0v) is 20.3. The molecule has 192 valence electrons. The summed E-state index contributed by atoms with van der Waals surface area (Å²) in [5.74, 6) is -2.13. The maximum absolute atomic E-state index is 13.6. The molecule has 2 unspecified atom stereocenters. The van der Waals surface area contributed by atoms with Gasteiger partial charge in [0.25, 0.3) is 0 Å². The number of nitrogens with zero attached hydrogens (tertiary/aromatic N) is 1. The van der Waals surface area contributed by atoms with Crippen LogP contribution in [0.2, 0.25) is 0 Å². The van der Waals surface area contributed by atoms with E-state index >= 15 is 0 Å². The third kappa shape index (κ3) is 6.13. The van der Waals surface area contributed by atoms with Crippen LogP contribution < -0.4 is 4.18 Å². The van der Waals surface area contributed by atoms with E-state index in [-0.39, 0.29) is 11.1 Å². The minimum atomic E-state index is -6.00. The fourth-order valence-corrected chi connectivity index (χ4v) is 4.59. The predicted octanol–water partition coefficient (Wildman–Crippen LogP) is 5.15. The smallest absolute Gasteiger partial charge is 0.469 e. The highest BCUT2D eigenvalue weighted by Gasteiger charge is 2.49. The Bertz CT molecular complexity index is 1140. The minimum absolute atomic E-state index is 0.153. The first-order valence-corrected chi connectivity index (χ1v) is 12.5. The summed E-state index contributed by atoms with van der Waals surface area (Å²) in [6.07, 6.45) is 1.65. The molecule has 0 bridgehead atoms. The zero-order chi connectivity index (χ0) is 26.0. The average Bonchev–Trinajstić information content (AvgIpc) is 2.80. The minimum Gasteiger partial charge on any atom is -0.469 e. The summed E-state index contributed by atoms with van der Waals surface area (Å²) in [6, 6.07) is 8.85. The highest BCUT2D eigenvalue weighted by molar-refractivity contribution is 7.88. The third-order valence-electron chi connectivity index (χ3n) is 6.24. The molecule has 0 amide bonds. The molecule has 1 aliphatic heterocycles. The van der Waals surface area contributed by atoms with E-state index < -0.39 is 45.1 Å². The Morgan fingerprint density at radius 3 is 2.17 bits per heavy atom. The molecule has 3 rings (SSSR count). The lowest BCUT2D eigenvalue weighted by Crippen LogP contribution is -2.37.